The lowest BCUT2D eigenvalue weighted by Gasteiger charge is -2.05. The van der Waals surface area contributed by atoms with Crippen LogP contribution in [0.15, 0.2) is 29.6 Å². The number of aryl methyl sites for hydroxylation is 3. The van der Waals surface area contributed by atoms with Gasteiger partial charge >= 0.3 is 0 Å². The van der Waals surface area contributed by atoms with Crippen molar-refractivity contribution in [1.29, 1.82) is 0 Å². The number of thiazole rings is 1. The Morgan fingerprint density at radius 3 is 2.92 bits per heavy atom. The molecule has 3 aromatic rings. The molecule has 1 aromatic carbocycles. The molecule has 0 atom stereocenters. The molecule has 26 heavy (non-hydrogen) atoms. The predicted molar refractivity (Wildman–Crippen MR) is 102 cm³/mol. The number of ether oxygens (including phenoxy) is 2. The molecule has 0 unspecified atom stereocenters. The minimum Gasteiger partial charge on any atom is -0.454 e. The largest absolute Gasteiger partial charge is 0.454 e. The van der Waals surface area contributed by atoms with Gasteiger partial charge in [-0.25, -0.2) is 4.98 Å². The zero-order valence-electron chi connectivity index (χ0n) is 15.0. The molecule has 0 saturated carbocycles. The summed E-state index contributed by atoms with van der Waals surface area (Å²) in [6.07, 6.45) is 1.04. The summed E-state index contributed by atoms with van der Waals surface area (Å²) in [6.45, 7) is 7.07. The average Bonchev–Trinajstić information content (AvgIpc) is 3.34. The van der Waals surface area contributed by atoms with Gasteiger partial charge in [0.05, 0.1) is 11.4 Å². The molecule has 1 aliphatic rings. The Morgan fingerprint density at radius 2 is 2.08 bits per heavy atom. The van der Waals surface area contributed by atoms with E-state index in [9.17, 15) is 0 Å². The van der Waals surface area contributed by atoms with Gasteiger partial charge in [0.25, 0.3) is 0 Å². The van der Waals surface area contributed by atoms with Gasteiger partial charge in [0.2, 0.25) is 6.79 Å². The highest BCUT2D eigenvalue weighted by Gasteiger charge is 2.15. The fourth-order valence-corrected chi connectivity index (χ4v) is 3.84. The molecule has 136 valence electrons. The van der Waals surface area contributed by atoms with Crippen molar-refractivity contribution in [3.63, 3.8) is 0 Å². The molecule has 7 heteroatoms. The van der Waals surface area contributed by atoms with E-state index in [0.29, 0.717) is 6.79 Å². The molecular formula is C19H22N4O2S. The van der Waals surface area contributed by atoms with Gasteiger partial charge in [-0.3, -0.25) is 4.68 Å². The summed E-state index contributed by atoms with van der Waals surface area (Å²) in [5, 5.41) is 11.1. The Hall–Kier alpha value is -2.38. The van der Waals surface area contributed by atoms with E-state index in [-0.39, 0.29) is 0 Å². The number of hydrogen-bond donors (Lipinski definition) is 1. The van der Waals surface area contributed by atoms with E-state index >= 15 is 0 Å². The van der Waals surface area contributed by atoms with E-state index in [0.717, 1.165) is 59.5 Å². The van der Waals surface area contributed by atoms with E-state index in [1.165, 1.54) is 5.69 Å². The number of nitrogens with one attached hydrogen (secondary N) is 1. The zero-order valence-corrected chi connectivity index (χ0v) is 15.8. The quantitative estimate of drug-likeness (QED) is 0.645. The minimum absolute atomic E-state index is 0.295. The van der Waals surface area contributed by atoms with Crippen LogP contribution in [-0.2, 0) is 13.1 Å². The van der Waals surface area contributed by atoms with E-state index in [4.69, 9.17) is 14.5 Å². The van der Waals surface area contributed by atoms with Crippen molar-refractivity contribution in [2.75, 3.05) is 13.3 Å². The molecule has 4 rings (SSSR count). The van der Waals surface area contributed by atoms with Gasteiger partial charge in [-0.1, -0.05) is 0 Å². The van der Waals surface area contributed by atoms with Crippen LogP contribution in [0.5, 0.6) is 11.5 Å². The average molecular weight is 370 g/mol. The molecule has 0 radical (unpaired) electrons. The van der Waals surface area contributed by atoms with E-state index in [1.54, 1.807) is 11.3 Å². The SMILES string of the molecule is Cc1cc(C)n(CCCNCc2csc(-c3ccc4c(c3)OCO4)n2)n1. The molecule has 1 aliphatic heterocycles. The number of hydrogen-bond acceptors (Lipinski definition) is 6. The fraction of sp³-hybridized carbons (Fsp3) is 0.368. The van der Waals surface area contributed by atoms with Crippen molar-refractivity contribution in [3.8, 4) is 22.1 Å². The molecule has 1 N–H and O–H groups in total. The maximum Gasteiger partial charge on any atom is 0.231 e. The van der Waals surface area contributed by atoms with Crippen molar-refractivity contribution in [3.05, 3.63) is 46.7 Å². The minimum atomic E-state index is 0.295. The lowest BCUT2D eigenvalue weighted by atomic mass is 10.2. The van der Waals surface area contributed by atoms with E-state index in [1.807, 2.05) is 25.1 Å². The summed E-state index contributed by atoms with van der Waals surface area (Å²) >= 11 is 1.65. The first-order valence-corrected chi connectivity index (χ1v) is 9.63. The Bertz CT molecular complexity index is 903. The fourth-order valence-electron chi connectivity index (χ4n) is 3.02. The van der Waals surface area contributed by atoms with Crippen molar-refractivity contribution >= 4 is 11.3 Å². The monoisotopic (exact) mass is 370 g/mol. The summed E-state index contributed by atoms with van der Waals surface area (Å²) in [4.78, 5) is 4.72. The molecule has 0 fully saturated rings. The second-order valence-electron chi connectivity index (χ2n) is 6.39. The normalized spacial score (nSPS) is 12.7. The number of fused-ring (bicyclic) bond motifs is 1. The van der Waals surface area contributed by atoms with Gasteiger partial charge in [0.1, 0.15) is 5.01 Å². The summed E-state index contributed by atoms with van der Waals surface area (Å²) in [5.41, 5.74) is 4.42. The maximum absolute atomic E-state index is 5.44. The van der Waals surface area contributed by atoms with Gasteiger partial charge < -0.3 is 14.8 Å². The van der Waals surface area contributed by atoms with Crippen LogP contribution in [0.2, 0.25) is 0 Å². The van der Waals surface area contributed by atoms with Gasteiger partial charge in [0.15, 0.2) is 11.5 Å². The van der Waals surface area contributed by atoms with Gasteiger partial charge in [-0.2, -0.15) is 5.10 Å². The summed E-state index contributed by atoms with van der Waals surface area (Å²) in [6, 6.07) is 8.07. The van der Waals surface area contributed by atoms with Crippen molar-refractivity contribution in [1.82, 2.24) is 20.1 Å². The highest BCUT2D eigenvalue weighted by atomic mass is 32.1. The van der Waals surface area contributed by atoms with Gasteiger partial charge in [-0.05, 0) is 51.1 Å². The van der Waals surface area contributed by atoms with Crippen LogP contribution in [0, 0.1) is 13.8 Å². The molecule has 0 aliphatic carbocycles. The van der Waals surface area contributed by atoms with Crippen LogP contribution in [0.4, 0.5) is 0 Å². The smallest absolute Gasteiger partial charge is 0.231 e. The second kappa shape index (κ2) is 7.47. The molecule has 2 aromatic heterocycles. The van der Waals surface area contributed by atoms with Crippen molar-refractivity contribution in [2.45, 2.75) is 33.4 Å². The molecule has 0 bridgehead atoms. The van der Waals surface area contributed by atoms with Crippen LogP contribution in [0.1, 0.15) is 23.5 Å². The van der Waals surface area contributed by atoms with E-state index < -0.39 is 0 Å². The van der Waals surface area contributed by atoms with Crippen LogP contribution >= 0.6 is 11.3 Å². The zero-order chi connectivity index (χ0) is 17.9. The highest BCUT2D eigenvalue weighted by Crippen LogP contribution is 2.36. The van der Waals surface area contributed by atoms with Gasteiger partial charge in [0, 0.05) is 29.7 Å². The molecule has 0 saturated heterocycles. The van der Waals surface area contributed by atoms with Crippen LogP contribution in [-0.4, -0.2) is 28.1 Å². The third-order valence-electron chi connectivity index (χ3n) is 4.30. The number of nitrogens with zero attached hydrogens (tertiary/aromatic N) is 3. The van der Waals surface area contributed by atoms with E-state index in [2.05, 4.69) is 33.5 Å². The Balaban J connectivity index is 1.27. The lowest BCUT2D eigenvalue weighted by molar-refractivity contribution is 0.174. The van der Waals surface area contributed by atoms with Crippen molar-refractivity contribution in [2.24, 2.45) is 0 Å². The molecule has 3 heterocycles. The standard InChI is InChI=1S/C19H22N4O2S/c1-13-8-14(2)23(22-13)7-3-6-20-10-16-11-26-19(21-16)15-4-5-17-18(9-15)25-12-24-17/h4-5,8-9,11,20H,3,6-7,10,12H2,1-2H3. The summed E-state index contributed by atoms with van der Waals surface area (Å²) in [7, 11) is 0. The molecule has 6 nitrogen and oxygen atoms in total. The Morgan fingerprint density at radius 1 is 1.19 bits per heavy atom. The molecule has 0 spiro atoms. The number of aromatic nitrogens is 3. The highest BCUT2D eigenvalue weighted by molar-refractivity contribution is 7.13. The first-order chi connectivity index (χ1) is 12.7. The molecular weight excluding hydrogens is 348 g/mol. The molecule has 0 amide bonds. The number of rotatable bonds is 7. The Kier molecular flexibility index (Phi) is 4.90. The van der Waals surface area contributed by atoms with Crippen LogP contribution in [0.25, 0.3) is 10.6 Å². The third kappa shape index (κ3) is 3.73. The second-order valence-corrected chi connectivity index (χ2v) is 7.25. The first kappa shape index (κ1) is 17.1. The van der Waals surface area contributed by atoms with Crippen LogP contribution in [0.3, 0.4) is 0 Å². The van der Waals surface area contributed by atoms with Gasteiger partial charge in [-0.15, -0.1) is 11.3 Å². The summed E-state index contributed by atoms with van der Waals surface area (Å²) in [5.74, 6) is 1.59. The lowest BCUT2D eigenvalue weighted by Crippen LogP contribution is -2.17. The Labute approximate surface area is 156 Å². The summed E-state index contributed by atoms with van der Waals surface area (Å²) < 4.78 is 12.9. The third-order valence-corrected chi connectivity index (χ3v) is 5.24. The number of benzene rings is 1. The first-order valence-electron chi connectivity index (χ1n) is 8.75. The van der Waals surface area contributed by atoms with Crippen LogP contribution < -0.4 is 14.8 Å². The topological polar surface area (TPSA) is 61.2 Å². The maximum atomic E-state index is 5.44. The predicted octanol–water partition coefficient (Wildman–Crippen LogP) is 3.53. The van der Waals surface area contributed by atoms with Crippen molar-refractivity contribution < 1.29 is 9.47 Å².